The maximum absolute atomic E-state index is 12.2. The van der Waals surface area contributed by atoms with Crippen molar-refractivity contribution in [3.8, 4) is 0 Å². The number of halogens is 1. The molecule has 18 heavy (non-hydrogen) atoms. The highest BCUT2D eigenvalue weighted by atomic mass is 35.5. The van der Waals surface area contributed by atoms with Gasteiger partial charge in [0.1, 0.15) is 5.66 Å². The molecule has 6 heteroatoms. The lowest BCUT2D eigenvalue weighted by Gasteiger charge is -2.25. The van der Waals surface area contributed by atoms with E-state index in [1.54, 1.807) is 38.1 Å². The summed E-state index contributed by atoms with van der Waals surface area (Å²) in [7, 11) is 0. The summed E-state index contributed by atoms with van der Waals surface area (Å²) in [6, 6.07) is 6.47. The predicted molar refractivity (Wildman–Crippen MR) is 69.1 cm³/mol. The second-order valence-electron chi connectivity index (χ2n) is 4.62. The Bertz CT molecular complexity index is 516. The molecule has 0 saturated carbocycles. The number of imide groups is 1. The second-order valence-corrected chi connectivity index (χ2v) is 5.06. The second kappa shape index (κ2) is 4.26. The van der Waals surface area contributed by atoms with Gasteiger partial charge in [0.2, 0.25) is 5.91 Å². The number of anilines is 1. The number of carbonyl (C=O) groups is 2. The van der Waals surface area contributed by atoms with Gasteiger partial charge in [-0.15, -0.1) is 0 Å². The molecule has 5 nitrogen and oxygen atoms in total. The van der Waals surface area contributed by atoms with E-state index in [2.05, 4.69) is 5.43 Å². The molecule has 1 aliphatic rings. The summed E-state index contributed by atoms with van der Waals surface area (Å²) < 4.78 is 0. The van der Waals surface area contributed by atoms with Crippen LogP contribution in [0.5, 0.6) is 0 Å². The first kappa shape index (κ1) is 12.9. The first-order valence-corrected chi connectivity index (χ1v) is 5.89. The van der Waals surface area contributed by atoms with Gasteiger partial charge < -0.3 is 0 Å². The monoisotopic (exact) mass is 267 g/mol. The van der Waals surface area contributed by atoms with Crippen LogP contribution in [0.2, 0.25) is 5.02 Å². The SMILES string of the molecule is CC(=O)N1C(=O)N(c2cccc(Cl)c2)NC1(C)C. The molecule has 1 heterocycles. The molecule has 0 spiro atoms. The van der Waals surface area contributed by atoms with Crippen LogP contribution >= 0.6 is 11.6 Å². The summed E-state index contributed by atoms with van der Waals surface area (Å²) in [6.45, 7) is 4.89. The van der Waals surface area contributed by atoms with Crippen LogP contribution in [0, 0.1) is 0 Å². The van der Waals surface area contributed by atoms with Crippen molar-refractivity contribution < 1.29 is 9.59 Å². The molecule has 1 aromatic carbocycles. The maximum Gasteiger partial charge on any atom is 0.347 e. The Labute approximate surface area is 110 Å². The number of carbonyl (C=O) groups excluding carboxylic acids is 2. The van der Waals surface area contributed by atoms with E-state index in [4.69, 9.17) is 11.6 Å². The zero-order valence-corrected chi connectivity index (χ0v) is 11.2. The summed E-state index contributed by atoms with van der Waals surface area (Å²) in [5.74, 6) is -0.304. The van der Waals surface area contributed by atoms with Crippen molar-refractivity contribution >= 4 is 29.2 Å². The van der Waals surface area contributed by atoms with Crippen LogP contribution in [-0.4, -0.2) is 22.5 Å². The third-order valence-corrected chi connectivity index (χ3v) is 2.94. The number of hydrogen-bond donors (Lipinski definition) is 1. The number of hydrogen-bond acceptors (Lipinski definition) is 3. The minimum absolute atomic E-state index is 0.304. The number of rotatable bonds is 1. The van der Waals surface area contributed by atoms with Gasteiger partial charge in [-0.2, -0.15) is 0 Å². The fourth-order valence-electron chi connectivity index (χ4n) is 2.03. The largest absolute Gasteiger partial charge is 0.347 e. The van der Waals surface area contributed by atoms with E-state index in [-0.39, 0.29) is 5.91 Å². The molecule has 0 atom stereocenters. The Morgan fingerprint density at radius 2 is 2.06 bits per heavy atom. The van der Waals surface area contributed by atoms with E-state index in [0.29, 0.717) is 10.7 Å². The van der Waals surface area contributed by atoms with Crippen molar-refractivity contribution in [2.45, 2.75) is 26.4 Å². The lowest BCUT2D eigenvalue weighted by molar-refractivity contribution is -0.129. The van der Waals surface area contributed by atoms with Crippen LogP contribution in [0.4, 0.5) is 10.5 Å². The third kappa shape index (κ3) is 2.07. The van der Waals surface area contributed by atoms with Crippen LogP contribution < -0.4 is 10.4 Å². The maximum atomic E-state index is 12.2. The van der Waals surface area contributed by atoms with Gasteiger partial charge in [-0.3, -0.25) is 4.79 Å². The number of nitrogens with zero attached hydrogens (tertiary/aromatic N) is 2. The molecule has 0 unspecified atom stereocenters. The topological polar surface area (TPSA) is 52.7 Å². The molecule has 0 aromatic heterocycles. The van der Waals surface area contributed by atoms with Gasteiger partial charge in [0, 0.05) is 11.9 Å². The smallest absolute Gasteiger partial charge is 0.275 e. The summed E-state index contributed by atoms with van der Waals surface area (Å²) >= 11 is 5.89. The predicted octanol–water partition coefficient (Wildman–Crippen LogP) is 2.37. The average Bonchev–Trinajstić information content (AvgIpc) is 2.48. The van der Waals surface area contributed by atoms with Gasteiger partial charge in [-0.25, -0.2) is 20.1 Å². The van der Waals surface area contributed by atoms with Crippen LogP contribution in [0.15, 0.2) is 24.3 Å². The van der Waals surface area contributed by atoms with Crippen molar-refractivity contribution in [1.82, 2.24) is 10.3 Å². The number of hydrazine groups is 1. The highest BCUT2D eigenvalue weighted by Crippen LogP contribution is 2.27. The van der Waals surface area contributed by atoms with E-state index in [1.165, 1.54) is 16.8 Å². The quantitative estimate of drug-likeness (QED) is 0.850. The summed E-state index contributed by atoms with van der Waals surface area (Å²) in [5.41, 5.74) is 2.83. The van der Waals surface area contributed by atoms with Crippen LogP contribution in [0.3, 0.4) is 0 Å². The minimum Gasteiger partial charge on any atom is -0.275 e. The Morgan fingerprint density at radius 1 is 1.39 bits per heavy atom. The molecule has 0 bridgehead atoms. The fourth-order valence-corrected chi connectivity index (χ4v) is 2.21. The molecule has 0 aliphatic carbocycles. The summed E-state index contributed by atoms with van der Waals surface area (Å²) in [6.07, 6.45) is 0. The molecule has 1 N–H and O–H groups in total. The van der Waals surface area contributed by atoms with E-state index in [0.717, 1.165) is 0 Å². The van der Waals surface area contributed by atoms with Gasteiger partial charge in [-0.1, -0.05) is 17.7 Å². The number of nitrogens with one attached hydrogen (secondary N) is 1. The standard InChI is InChI=1S/C12H14ClN3O2/c1-8(17)15-11(18)16(14-12(15,2)3)10-6-4-5-9(13)7-10/h4-7,14H,1-3H3. The Hall–Kier alpha value is -1.59. The summed E-state index contributed by atoms with van der Waals surface area (Å²) in [4.78, 5) is 24.9. The molecule has 1 aliphatic heterocycles. The fraction of sp³-hybridized carbons (Fsp3) is 0.333. The van der Waals surface area contributed by atoms with Crippen molar-refractivity contribution in [3.05, 3.63) is 29.3 Å². The molecule has 3 amide bonds. The van der Waals surface area contributed by atoms with E-state index in [9.17, 15) is 9.59 Å². The average molecular weight is 268 g/mol. The lowest BCUT2D eigenvalue weighted by atomic mass is 10.2. The van der Waals surface area contributed by atoms with Gasteiger partial charge in [0.25, 0.3) is 0 Å². The third-order valence-electron chi connectivity index (χ3n) is 2.71. The Balaban J connectivity index is 2.38. The Morgan fingerprint density at radius 3 is 2.56 bits per heavy atom. The van der Waals surface area contributed by atoms with E-state index < -0.39 is 11.7 Å². The molecule has 1 aromatic rings. The zero-order chi connectivity index (χ0) is 13.5. The van der Waals surface area contributed by atoms with Crippen LogP contribution in [0.1, 0.15) is 20.8 Å². The van der Waals surface area contributed by atoms with E-state index in [1.807, 2.05) is 0 Å². The molecule has 2 rings (SSSR count). The molecular weight excluding hydrogens is 254 g/mol. The van der Waals surface area contributed by atoms with Gasteiger partial charge in [-0.05, 0) is 32.0 Å². The molecule has 1 saturated heterocycles. The van der Waals surface area contributed by atoms with Crippen LogP contribution in [-0.2, 0) is 4.79 Å². The minimum atomic E-state index is -0.759. The molecular formula is C12H14ClN3O2. The van der Waals surface area contributed by atoms with Crippen molar-refractivity contribution in [2.75, 3.05) is 5.01 Å². The number of urea groups is 1. The van der Waals surface area contributed by atoms with Crippen LogP contribution in [0.25, 0.3) is 0 Å². The zero-order valence-electron chi connectivity index (χ0n) is 10.4. The van der Waals surface area contributed by atoms with Gasteiger partial charge in [0.05, 0.1) is 5.69 Å². The molecule has 0 radical (unpaired) electrons. The molecule has 1 fully saturated rings. The van der Waals surface area contributed by atoms with E-state index >= 15 is 0 Å². The number of amides is 3. The van der Waals surface area contributed by atoms with Gasteiger partial charge >= 0.3 is 6.03 Å². The first-order valence-electron chi connectivity index (χ1n) is 5.51. The number of benzene rings is 1. The van der Waals surface area contributed by atoms with Crippen molar-refractivity contribution in [2.24, 2.45) is 0 Å². The van der Waals surface area contributed by atoms with Crippen molar-refractivity contribution in [1.29, 1.82) is 0 Å². The van der Waals surface area contributed by atoms with Crippen molar-refractivity contribution in [3.63, 3.8) is 0 Å². The summed E-state index contributed by atoms with van der Waals surface area (Å²) in [5, 5.41) is 1.86. The molecule has 96 valence electrons. The Kier molecular flexibility index (Phi) is 3.04. The van der Waals surface area contributed by atoms with Gasteiger partial charge in [0.15, 0.2) is 0 Å². The highest BCUT2D eigenvalue weighted by Gasteiger charge is 2.45. The first-order chi connectivity index (χ1) is 8.33. The highest BCUT2D eigenvalue weighted by molar-refractivity contribution is 6.31. The normalized spacial score (nSPS) is 18.3. The lowest BCUT2D eigenvalue weighted by Crippen LogP contribution is -2.49.